The maximum atomic E-state index is 13.0. The lowest BCUT2D eigenvalue weighted by atomic mass is 10.2. The van der Waals surface area contributed by atoms with E-state index in [1.807, 2.05) is 44.2 Å². The Labute approximate surface area is 646 Å². The van der Waals surface area contributed by atoms with Crippen molar-refractivity contribution in [3.8, 4) is 0 Å². The van der Waals surface area contributed by atoms with Gasteiger partial charge < -0.3 is 51.2 Å². The Morgan fingerprint density at radius 2 is 0.771 bits per heavy atom. The molecule has 4 heterocycles. The van der Waals surface area contributed by atoms with Crippen LogP contribution in [-0.4, -0.2) is 186 Å². The minimum atomic E-state index is -4.19. The molecule has 11 N–H and O–H groups in total. The number of nitrogens with zero attached hydrogens (tertiary/aromatic N) is 12. The zero-order chi connectivity index (χ0) is 80.1. The van der Waals surface area contributed by atoms with Crippen LogP contribution in [0.25, 0.3) is 0 Å². The first-order chi connectivity index (χ1) is 51.7. The number of primary sulfonamides is 2. The van der Waals surface area contributed by atoms with Crippen molar-refractivity contribution in [1.29, 1.82) is 0 Å². The van der Waals surface area contributed by atoms with E-state index in [1.165, 1.54) is 97.9 Å². The number of carboxylic acid groups (broad SMARTS) is 2. The number of benzene rings is 5. The number of hydrogen-bond donors (Lipinski definition) is 8. The number of nitrogens with one attached hydrogen (secondary N) is 3. The van der Waals surface area contributed by atoms with Gasteiger partial charge in [-0.2, -0.15) is 16.8 Å². The summed E-state index contributed by atoms with van der Waals surface area (Å²) in [5.41, 5.74) is 7.91. The molecule has 0 aliphatic carbocycles. The topological polar surface area (TPSA) is 512 Å². The summed E-state index contributed by atoms with van der Waals surface area (Å²) in [5, 5.41) is 40.0. The molecule has 0 amide bonds. The number of ether oxygens (including phenoxy) is 2. The highest BCUT2D eigenvalue weighted by molar-refractivity contribution is 8.01. The largest absolute Gasteiger partial charge is 0.478 e. The summed E-state index contributed by atoms with van der Waals surface area (Å²) in [6, 6.07) is 26.2. The molecule has 578 valence electrons. The second-order valence-electron chi connectivity index (χ2n) is 22.4. The smallest absolute Gasteiger partial charge is 0.337 e. The highest BCUT2D eigenvalue weighted by Crippen LogP contribution is 2.42. The van der Waals surface area contributed by atoms with Gasteiger partial charge in [-0.3, -0.25) is 0 Å². The molecule has 0 aliphatic rings. The van der Waals surface area contributed by atoms with Crippen LogP contribution >= 0.6 is 47.0 Å². The predicted octanol–water partition coefficient (Wildman–Crippen LogP) is 8.95. The Bertz CT molecular complexity index is 5160. The first kappa shape index (κ1) is 87.5. The molecule has 9 rings (SSSR count). The van der Waals surface area contributed by atoms with Crippen molar-refractivity contribution in [2.24, 2.45) is 19.1 Å². The van der Waals surface area contributed by atoms with E-state index in [1.54, 1.807) is 70.9 Å². The molecule has 0 aliphatic heterocycles. The molecular formula is C67H76N18O16S8. The van der Waals surface area contributed by atoms with Gasteiger partial charge in [-0.15, -0.1) is 8.80 Å². The second kappa shape index (κ2) is 41.8. The molecule has 4 aromatic heterocycles. The van der Waals surface area contributed by atoms with Crippen LogP contribution in [0.4, 0.5) is 22.7 Å². The maximum Gasteiger partial charge on any atom is 0.337 e. The molecule has 0 fully saturated rings. The predicted molar refractivity (Wildman–Crippen MR) is 413 cm³/mol. The normalized spacial score (nSPS) is 11.4. The molecule has 42 heteroatoms. The molecule has 0 radical (unpaired) electrons. The SMILES string of the molecule is CCCCNc1cc(C(=O)O)cc(S(N)(=O)=O)c1Sc1ncccn1.CCCCNc1cc(C(=O)OC)cc(S(=O)(=O)N=CN(C)C)c1Sc1ncccn1.COC(=O)c1cc(N)c(Sc2ncccn2)c(S(=O)(=O)N=CN(C)C)c1.NS(=O)(=O)c1cc(C(=O)O)cc(NCc2ccccc2)c1Sc1ncccn1. The van der Waals surface area contributed by atoms with Gasteiger partial charge in [0.05, 0.1) is 82.9 Å². The van der Waals surface area contributed by atoms with Gasteiger partial charge in [-0.05, 0) is 138 Å². The van der Waals surface area contributed by atoms with Crippen molar-refractivity contribution < 1.29 is 72.5 Å². The number of hydrogen-bond acceptors (Lipinski definition) is 30. The van der Waals surface area contributed by atoms with Crippen LogP contribution in [0.3, 0.4) is 0 Å². The third-order valence-corrected chi connectivity index (χ3v) is 22.6. The number of carbonyl (C=O) groups is 4. The summed E-state index contributed by atoms with van der Waals surface area (Å²) >= 11 is 4.04. The van der Waals surface area contributed by atoms with Crippen LogP contribution in [0.15, 0.2) is 221 Å². The maximum absolute atomic E-state index is 13.0. The van der Waals surface area contributed by atoms with Gasteiger partial charge in [0.2, 0.25) is 20.0 Å². The number of aromatic nitrogens is 8. The van der Waals surface area contributed by atoms with E-state index in [9.17, 15) is 63.1 Å². The van der Waals surface area contributed by atoms with Gasteiger partial charge in [0, 0.05) is 103 Å². The van der Waals surface area contributed by atoms with E-state index >= 15 is 0 Å². The van der Waals surface area contributed by atoms with Crippen molar-refractivity contribution in [1.82, 2.24) is 49.7 Å². The Morgan fingerprint density at radius 3 is 1.10 bits per heavy atom. The summed E-state index contributed by atoms with van der Waals surface area (Å²) in [6.45, 7) is 5.58. The van der Waals surface area contributed by atoms with E-state index in [0.717, 1.165) is 96.8 Å². The minimum Gasteiger partial charge on any atom is -0.478 e. The number of nitrogens with two attached hydrogens (primary N) is 3. The summed E-state index contributed by atoms with van der Waals surface area (Å²) < 4.78 is 117. The number of rotatable bonds is 31. The van der Waals surface area contributed by atoms with Gasteiger partial charge in [0.15, 0.2) is 20.6 Å². The fourth-order valence-corrected chi connectivity index (χ4v) is 16.9. The molecule has 5 aromatic carbocycles. The average molecular weight is 1650 g/mol. The number of unbranched alkanes of at least 4 members (excludes halogenated alkanes) is 2. The molecule has 0 unspecified atom stereocenters. The summed E-state index contributed by atoms with van der Waals surface area (Å²) in [4.78, 5) is 82.7. The highest BCUT2D eigenvalue weighted by Gasteiger charge is 2.29. The molecule has 0 saturated carbocycles. The Hall–Kier alpha value is -10.4. The van der Waals surface area contributed by atoms with E-state index in [4.69, 9.17) is 20.7 Å². The Morgan fingerprint density at radius 1 is 0.459 bits per heavy atom. The molecule has 34 nitrogen and oxygen atoms in total. The number of carbonyl (C=O) groups excluding carboxylic acids is 2. The zero-order valence-electron chi connectivity index (χ0n) is 59.5. The molecule has 9 aromatic rings. The third kappa shape index (κ3) is 27.3. The van der Waals surface area contributed by atoms with E-state index < -0.39 is 64.0 Å². The summed E-state index contributed by atoms with van der Waals surface area (Å²) in [7, 11) is -7.57. The van der Waals surface area contributed by atoms with Gasteiger partial charge in [-0.1, -0.05) is 57.0 Å². The lowest BCUT2D eigenvalue weighted by Gasteiger charge is -2.16. The van der Waals surface area contributed by atoms with Crippen LogP contribution in [-0.2, 0) is 56.1 Å². The fraction of sp³-hybridized carbons (Fsp3) is 0.224. The average Bonchev–Trinajstić information content (AvgIpc) is 0.798. The molecule has 0 saturated heterocycles. The Balaban J connectivity index is 0.000000228. The van der Waals surface area contributed by atoms with Crippen molar-refractivity contribution >= 4 is 146 Å². The first-order valence-corrected chi connectivity index (χ1v) is 41.1. The quantitative estimate of drug-likeness (QED) is 0.00501. The first-order valence-electron chi connectivity index (χ1n) is 31.8. The summed E-state index contributed by atoms with van der Waals surface area (Å²) in [6.07, 6.45) is 18.2. The third-order valence-electron chi connectivity index (χ3n) is 13.5. The monoisotopic (exact) mass is 1640 g/mol. The van der Waals surface area contributed by atoms with Gasteiger partial charge in [0.1, 0.15) is 22.5 Å². The number of sulfonamides is 4. The van der Waals surface area contributed by atoms with Crippen LogP contribution < -0.4 is 32.0 Å². The van der Waals surface area contributed by atoms with Gasteiger partial charge in [-0.25, -0.2) is 86.2 Å². The standard InChI is InChI=1S/C19H25N5O4S2.C18H16N4O4S2.C15H17N5O4S2.C15H18N4O4S2/c1-5-6-8-20-15-11-14(18(25)28-4)12-16(30(26,27)23-13-24(2)3)17(15)29-19-21-9-7-10-22-19;19-28(25,26)15-10-13(17(23)24)9-14(22-11-12-5-2-1-3-6-12)16(15)27-18-20-7-4-8-21-18;1-20(2)9-19-26(22,23)12-8-10(14(21)24-3)7-11(16)13(12)25-15-17-5-4-6-18-15;1-2-3-5-17-11-8-10(14(20)21)9-12(25(16,22)23)13(11)24-15-18-6-4-7-19-15/h7,9-13,20H,5-6,8H2,1-4H3;1-10,22H,11H2,(H,23,24)(H2,19,25,26);4-9H,16H2,1-3H3;4,6-9,17H,2-3,5H2,1H3,(H,20,21)(H2,16,22,23). The number of carboxylic acids is 2. The second-order valence-corrected chi connectivity index (χ2v) is 32.6. The number of anilines is 4. The molecule has 109 heavy (non-hydrogen) atoms. The van der Waals surface area contributed by atoms with E-state index in [2.05, 4.69) is 69.4 Å². The van der Waals surface area contributed by atoms with Gasteiger partial charge >= 0.3 is 23.9 Å². The number of methoxy groups -OCH3 is 2. The van der Waals surface area contributed by atoms with Crippen LogP contribution in [0.1, 0.15) is 86.5 Å². The molecule has 0 bridgehead atoms. The van der Waals surface area contributed by atoms with E-state index in [0.29, 0.717) is 62.2 Å². The minimum absolute atomic E-state index is 0.00181. The molecular weight excluding hydrogens is 1570 g/mol. The van der Waals surface area contributed by atoms with Crippen LogP contribution in [0.2, 0.25) is 0 Å². The summed E-state index contributed by atoms with van der Waals surface area (Å²) in [5.74, 6) is -3.86. The van der Waals surface area contributed by atoms with Crippen LogP contribution in [0.5, 0.6) is 0 Å². The van der Waals surface area contributed by atoms with Crippen molar-refractivity contribution in [2.45, 2.75) is 106 Å². The van der Waals surface area contributed by atoms with Crippen molar-refractivity contribution in [2.75, 3.05) is 77.2 Å². The number of nitrogen functional groups attached to an aromatic ring is 1. The molecule has 0 atom stereocenters. The lowest BCUT2D eigenvalue weighted by molar-refractivity contribution is 0.0591. The van der Waals surface area contributed by atoms with Crippen LogP contribution in [0, 0.1) is 0 Å². The highest BCUT2D eigenvalue weighted by atomic mass is 32.2. The van der Waals surface area contributed by atoms with Crippen molar-refractivity contribution in [3.05, 3.63) is 181 Å². The Kier molecular flexibility index (Phi) is 33.5. The lowest BCUT2D eigenvalue weighted by Crippen LogP contribution is -2.16. The number of aromatic carboxylic acids is 2. The molecule has 0 spiro atoms. The zero-order valence-corrected chi connectivity index (χ0v) is 66.0. The van der Waals surface area contributed by atoms with Gasteiger partial charge in [0.25, 0.3) is 20.0 Å². The number of esters is 2. The van der Waals surface area contributed by atoms with E-state index in [-0.39, 0.29) is 62.2 Å². The van der Waals surface area contributed by atoms with Crippen molar-refractivity contribution in [3.63, 3.8) is 0 Å². The fourth-order valence-electron chi connectivity index (χ4n) is 8.51.